The minimum absolute atomic E-state index is 0. The van der Waals surface area contributed by atoms with Crippen molar-refractivity contribution in [2.45, 2.75) is 0 Å². The zero-order valence-corrected chi connectivity index (χ0v) is 7.44. The van der Waals surface area contributed by atoms with E-state index in [0.29, 0.717) is 0 Å². The molecule has 0 amide bonds. The number of ether oxygens (including phenoxy) is 1. The monoisotopic (exact) mass is 249 g/mol. The summed E-state index contributed by atoms with van der Waals surface area (Å²) in [5.41, 5.74) is 0. The van der Waals surface area contributed by atoms with Crippen LogP contribution in [0, 0.1) is 0 Å². The molecule has 1 rings (SSSR count). The highest BCUT2D eigenvalue weighted by molar-refractivity contribution is 14.1. The molecule has 0 unspecified atom stereocenters. The van der Waals surface area contributed by atoms with E-state index in [2.05, 4.69) is 26.0 Å². The highest BCUT2D eigenvalue weighted by atomic mass is 127. The Hall–Kier alpha value is 0.940. The standard InChI is InChI=1S/C4H8INO.ClH/c5-6-1-3-7-4-2-6;/h1-4H2;1H. The zero-order chi connectivity index (χ0) is 5.11. The fraction of sp³-hybridized carbons (Fsp3) is 1.00. The van der Waals surface area contributed by atoms with E-state index in [0.717, 1.165) is 26.3 Å². The van der Waals surface area contributed by atoms with Crippen LogP contribution in [0.3, 0.4) is 0 Å². The molecule has 1 aliphatic heterocycles. The Morgan fingerprint density at radius 3 is 2.00 bits per heavy atom. The van der Waals surface area contributed by atoms with Gasteiger partial charge >= 0.3 is 0 Å². The quantitative estimate of drug-likeness (QED) is 0.471. The van der Waals surface area contributed by atoms with Gasteiger partial charge in [-0.1, -0.05) is 0 Å². The SMILES string of the molecule is Cl.IN1CCOCC1. The van der Waals surface area contributed by atoms with Gasteiger partial charge in [0.05, 0.1) is 13.2 Å². The number of halogens is 2. The van der Waals surface area contributed by atoms with Crippen LogP contribution in [0.5, 0.6) is 0 Å². The van der Waals surface area contributed by atoms with E-state index < -0.39 is 0 Å². The molecule has 0 aromatic carbocycles. The van der Waals surface area contributed by atoms with E-state index >= 15 is 0 Å². The van der Waals surface area contributed by atoms with Crippen LogP contribution >= 0.6 is 35.3 Å². The molecule has 50 valence electrons. The first-order chi connectivity index (χ1) is 3.39. The normalized spacial score (nSPS) is 22.1. The van der Waals surface area contributed by atoms with Crippen molar-refractivity contribution >= 4 is 35.3 Å². The van der Waals surface area contributed by atoms with E-state index in [1.54, 1.807) is 0 Å². The minimum atomic E-state index is 0. The van der Waals surface area contributed by atoms with Gasteiger partial charge in [0.25, 0.3) is 0 Å². The molecule has 8 heavy (non-hydrogen) atoms. The molecule has 1 heterocycles. The third-order valence-electron chi connectivity index (χ3n) is 0.957. The Kier molecular flexibility index (Phi) is 5.35. The third kappa shape index (κ3) is 3.06. The van der Waals surface area contributed by atoms with Gasteiger partial charge in [-0.25, -0.2) is 3.11 Å². The van der Waals surface area contributed by atoms with Crippen molar-refractivity contribution in [2.24, 2.45) is 0 Å². The van der Waals surface area contributed by atoms with Crippen LogP contribution in [-0.2, 0) is 4.74 Å². The van der Waals surface area contributed by atoms with Gasteiger partial charge in [0.1, 0.15) is 0 Å². The molecule has 0 aromatic rings. The van der Waals surface area contributed by atoms with Gasteiger partial charge in [-0.05, 0) is 0 Å². The summed E-state index contributed by atoms with van der Waals surface area (Å²) in [4.78, 5) is 0. The number of rotatable bonds is 0. The molecule has 4 heteroatoms. The van der Waals surface area contributed by atoms with E-state index in [9.17, 15) is 0 Å². The van der Waals surface area contributed by atoms with Crippen molar-refractivity contribution in [3.8, 4) is 0 Å². The number of morpholine rings is 1. The summed E-state index contributed by atoms with van der Waals surface area (Å²) in [7, 11) is 0. The molecule has 1 fully saturated rings. The largest absolute Gasteiger partial charge is 0.379 e. The van der Waals surface area contributed by atoms with Crippen LogP contribution in [0.15, 0.2) is 0 Å². The maximum atomic E-state index is 5.09. The summed E-state index contributed by atoms with van der Waals surface area (Å²) in [5.74, 6) is 0. The maximum absolute atomic E-state index is 5.09. The fourth-order valence-electron chi connectivity index (χ4n) is 0.541. The van der Waals surface area contributed by atoms with Crippen molar-refractivity contribution < 1.29 is 4.74 Å². The molecular weight excluding hydrogens is 240 g/mol. The fourth-order valence-corrected chi connectivity index (χ4v) is 0.935. The first-order valence-corrected chi connectivity index (χ1v) is 3.34. The van der Waals surface area contributed by atoms with Gasteiger partial charge in [-0.2, -0.15) is 0 Å². The van der Waals surface area contributed by atoms with Crippen LogP contribution in [0.25, 0.3) is 0 Å². The lowest BCUT2D eigenvalue weighted by Gasteiger charge is -2.19. The van der Waals surface area contributed by atoms with Crippen LogP contribution in [-0.4, -0.2) is 29.4 Å². The molecule has 0 saturated carbocycles. The number of hydrogen-bond donors (Lipinski definition) is 0. The van der Waals surface area contributed by atoms with Gasteiger partial charge in [0.2, 0.25) is 0 Å². The molecule has 0 aromatic heterocycles. The topological polar surface area (TPSA) is 12.5 Å². The number of hydrogen-bond acceptors (Lipinski definition) is 2. The minimum Gasteiger partial charge on any atom is -0.379 e. The Bertz CT molecular complexity index is 58.0. The second-order valence-electron chi connectivity index (χ2n) is 1.52. The average molecular weight is 249 g/mol. The van der Waals surface area contributed by atoms with Gasteiger partial charge in [-0.3, -0.25) is 0 Å². The second-order valence-corrected chi connectivity index (χ2v) is 2.89. The van der Waals surface area contributed by atoms with Crippen LogP contribution in [0.4, 0.5) is 0 Å². The summed E-state index contributed by atoms with van der Waals surface area (Å²) in [6.07, 6.45) is 0. The van der Waals surface area contributed by atoms with Gasteiger partial charge in [-0.15, -0.1) is 12.4 Å². The van der Waals surface area contributed by atoms with Gasteiger partial charge in [0, 0.05) is 36.0 Å². The Labute approximate surface area is 69.5 Å². The molecule has 2 nitrogen and oxygen atoms in total. The van der Waals surface area contributed by atoms with E-state index in [1.807, 2.05) is 0 Å². The Morgan fingerprint density at radius 2 is 1.75 bits per heavy atom. The lowest BCUT2D eigenvalue weighted by atomic mass is 10.5. The first kappa shape index (κ1) is 8.94. The Morgan fingerprint density at radius 1 is 1.25 bits per heavy atom. The molecule has 0 N–H and O–H groups in total. The number of nitrogens with zero attached hydrogens (tertiary/aromatic N) is 1. The van der Waals surface area contributed by atoms with Crippen LogP contribution in [0.2, 0.25) is 0 Å². The maximum Gasteiger partial charge on any atom is 0.0602 e. The van der Waals surface area contributed by atoms with E-state index in [4.69, 9.17) is 4.74 Å². The summed E-state index contributed by atoms with van der Waals surface area (Å²) in [6, 6.07) is 0. The molecule has 1 aliphatic rings. The van der Waals surface area contributed by atoms with Crippen molar-refractivity contribution in [1.29, 1.82) is 0 Å². The molecule has 0 spiro atoms. The van der Waals surface area contributed by atoms with E-state index in [1.165, 1.54) is 0 Å². The average Bonchev–Trinajstić information content (AvgIpc) is 1.69. The second kappa shape index (κ2) is 4.78. The molecule has 0 aliphatic carbocycles. The summed E-state index contributed by atoms with van der Waals surface area (Å²) in [6.45, 7) is 3.98. The van der Waals surface area contributed by atoms with Crippen LogP contribution < -0.4 is 0 Å². The van der Waals surface area contributed by atoms with Crippen molar-refractivity contribution in [2.75, 3.05) is 26.3 Å². The molecule has 0 bridgehead atoms. The predicted octanol–water partition coefficient (Wildman–Crippen LogP) is 1.09. The summed E-state index contributed by atoms with van der Waals surface area (Å²) < 4.78 is 7.33. The highest BCUT2D eigenvalue weighted by Gasteiger charge is 2.04. The molecule has 1 saturated heterocycles. The van der Waals surface area contributed by atoms with Crippen LogP contribution in [0.1, 0.15) is 0 Å². The Balaban J connectivity index is 0.000000490. The lowest BCUT2D eigenvalue weighted by Crippen LogP contribution is -2.28. The molecular formula is C4H9ClINO. The first-order valence-electron chi connectivity index (χ1n) is 2.38. The highest BCUT2D eigenvalue weighted by Crippen LogP contribution is 2.01. The zero-order valence-electron chi connectivity index (χ0n) is 4.47. The third-order valence-corrected chi connectivity index (χ3v) is 1.92. The van der Waals surface area contributed by atoms with Crippen molar-refractivity contribution in [3.05, 3.63) is 0 Å². The smallest absolute Gasteiger partial charge is 0.0602 e. The van der Waals surface area contributed by atoms with Crippen molar-refractivity contribution in [1.82, 2.24) is 3.11 Å². The van der Waals surface area contributed by atoms with Gasteiger partial charge < -0.3 is 4.74 Å². The van der Waals surface area contributed by atoms with E-state index in [-0.39, 0.29) is 12.4 Å². The molecule has 0 atom stereocenters. The predicted molar refractivity (Wildman–Crippen MR) is 43.7 cm³/mol. The lowest BCUT2D eigenvalue weighted by molar-refractivity contribution is 0.0836. The van der Waals surface area contributed by atoms with Crippen molar-refractivity contribution in [3.63, 3.8) is 0 Å². The molecule has 0 radical (unpaired) electrons. The van der Waals surface area contributed by atoms with Gasteiger partial charge in [0.15, 0.2) is 0 Å². The summed E-state index contributed by atoms with van der Waals surface area (Å²) in [5, 5.41) is 0. The summed E-state index contributed by atoms with van der Waals surface area (Å²) >= 11 is 2.31.